The van der Waals surface area contributed by atoms with Crippen LogP contribution in [-0.2, 0) is 16.1 Å². The zero-order valence-electron chi connectivity index (χ0n) is 9.04. The molecule has 1 saturated heterocycles. The topological polar surface area (TPSA) is 90.1 Å². The van der Waals surface area contributed by atoms with Gasteiger partial charge in [-0.3, -0.25) is 4.79 Å². The van der Waals surface area contributed by atoms with E-state index in [9.17, 15) is 4.79 Å². The standard InChI is InChI=1S/C9H14N4O3/c1-6-4-7(5-16-6)9-10-11-12-13(9)3-2-8(14)15/h6-7H,2-5H2,1H3,(H,14,15). The lowest BCUT2D eigenvalue weighted by Crippen LogP contribution is -2.13. The third-order valence-corrected chi connectivity index (χ3v) is 2.66. The maximum Gasteiger partial charge on any atom is 0.305 e. The van der Waals surface area contributed by atoms with Crippen LogP contribution in [0.25, 0.3) is 0 Å². The van der Waals surface area contributed by atoms with E-state index in [0.29, 0.717) is 13.2 Å². The minimum atomic E-state index is -0.850. The fourth-order valence-electron chi connectivity index (χ4n) is 1.86. The van der Waals surface area contributed by atoms with Crippen molar-refractivity contribution in [3.63, 3.8) is 0 Å². The van der Waals surface area contributed by atoms with Crippen molar-refractivity contribution in [3.05, 3.63) is 5.82 Å². The van der Waals surface area contributed by atoms with E-state index in [0.717, 1.165) is 12.2 Å². The van der Waals surface area contributed by atoms with Gasteiger partial charge in [0.05, 0.1) is 25.7 Å². The van der Waals surface area contributed by atoms with Gasteiger partial charge in [0.15, 0.2) is 5.82 Å². The highest BCUT2D eigenvalue weighted by Crippen LogP contribution is 2.27. The van der Waals surface area contributed by atoms with E-state index in [1.807, 2.05) is 6.92 Å². The fourth-order valence-corrected chi connectivity index (χ4v) is 1.86. The van der Waals surface area contributed by atoms with E-state index in [1.165, 1.54) is 0 Å². The molecule has 88 valence electrons. The third-order valence-electron chi connectivity index (χ3n) is 2.66. The van der Waals surface area contributed by atoms with Crippen LogP contribution in [0.1, 0.15) is 31.5 Å². The highest BCUT2D eigenvalue weighted by Gasteiger charge is 2.28. The number of nitrogens with zero attached hydrogens (tertiary/aromatic N) is 4. The van der Waals surface area contributed by atoms with Crippen molar-refractivity contribution in [2.24, 2.45) is 0 Å². The Bertz CT molecular complexity index is 379. The summed E-state index contributed by atoms with van der Waals surface area (Å²) in [4.78, 5) is 10.5. The van der Waals surface area contributed by atoms with Gasteiger partial charge in [0.2, 0.25) is 0 Å². The second-order valence-electron chi connectivity index (χ2n) is 3.98. The summed E-state index contributed by atoms with van der Waals surface area (Å²) in [5.74, 6) is 0.0573. The van der Waals surface area contributed by atoms with E-state index in [1.54, 1.807) is 4.68 Å². The molecule has 1 aliphatic rings. The number of aryl methyl sites for hydroxylation is 1. The van der Waals surface area contributed by atoms with Crippen molar-refractivity contribution in [2.45, 2.75) is 38.3 Å². The molecule has 0 spiro atoms. The SMILES string of the molecule is CC1CC(c2nnnn2CCC(=O)O)CO1. The van der Waals surface area contributed by atoms with Gasteiger partial charge in [0.1, 0.15) is 0 Å². The molecule has 0 radical (unpaired) electrons. The van der Waals surface area contributed by atoms with Gasteiger partial charge in [-0.05, 0) is 23.8 Å². The van der Waals surface area contributed by atoms with Crippen LogP contribution in [0.4, 0.5) is 0 Å². The molecule has 2 unspecified atom stereocenters. The molecule has 1 N–H and O–H groups in total. The lowest BCUT2D eigenvalue weighted by Gasteiger charge is -2.07. The first kappa shape index (κ1) is 11.0. The van der Waals surface area contributed by atoms with Crippen molar-refractivity contribution < 1.29 is 14.6 Å². The number of carboxylic acids is 1. The number of ether oxygens (including phenoxy) is 1. The number of hydrogen-bond donors (Lipinski definition) is 1. The highest BCUT2D eigenvalue weighted by atomic mass is 16.5. The number of hydrogen-bond acceptors (Lipinski definition) is 5. The quantitative estimate of drug-likeness (QED) is 0.779. The number of rotatable bonds is 4. The molecule has 0 bridgehead atoms. The van der Waals surface area contributed by atoms with Crippen LogP contribution in [0, 0.1) is 0 Å². The van der Waals surface area contributed by atoms with Crippen LogP contribution in [0.2, 0.25) is 0 Å². The maximum absolute atomic E-state index is 10.5. The van der Waals surface area contributed by atoms with Gasteiger partial charge in [-0.1, -0.05) is 0 Å². The summed E-state index contributed by atoms with van der Waals surface area (Å²) in [6.07, 6.45) is 1.13. The largest absolute Gasteiger partial charge is 0.481 e. The molecule has 7 nitrogen and oxygen atoms in total. The van der Waals surface area contributed by atoms with Gasteiger partial charge in [0.25, 0.3) is 0 Å². The van der Waals surface area contributed by atoms with E-state index < -0.39 is 5.97 Å². The molecule has 1 aromatic heterocycles. The highest BCUT2D eigenvalue weighted by molar-refractivity contribution is 5.66. The third kappa shape index (κ3) is 2.35. The molecule has 0 aliphatic carbocycles. The first-order valence-electron chi connectivity index (χ1n) is 5.26. The zero-order chi connectivity index (χ0) is 11.5. The predicted molar refractivity (Wildman–Crippen MR) is 52.8 cm³/mol. The average molecular weight is 226 g/mol. The minimum absolute atomic E-state index is 0.0289. The predicted octanol–water partition coefficient (Wildman–Crippen LogP) is 0.0402. The maximum atomic E-state index is 10.5. The molecule has 0 aromatic carbocycles. The first-order valence-corrected chi connectivity index (χ1v) is 5.26. The summed E-state index contributed by atoms with van der Waals surface area (Å²) in [5.41, 5.74) is 0. The molecule has 1 aromatic rings. The Balaban J connectivity index is 2.04. The second kappa shape index (κ2) is 4.56. The summed E-state index contributed by atoms with van der Waals surface area (Å²) in [5, 5.41) is 19.9. The molecule has 0 amide bonds. The Kier molecular flexibility index (Phi) is 3.14. The molecule has 1 aliphatic heterocycles. The van der Waals surface area contributed by atoms with Crippen molar-refractivity contribution in [1.82, 2.24) is 20.2 Å². The van der Waals surface area contributed by atoms with Crippen LogP contribution in [0.5, 0.6) is 0 Å². The Morgan fingerprint density at radius 1 is 1.69 bits per heavy atom. The summed E-state index contributed by atoms with van der Waals surface area (Å²) in [6, 6.07) is 0. The van der Waals surface area contributed by atoms with E-state index >= 15 is 0 Å². The summed E-state index contributed by atoms with van der Waals surface area (Å²) in [6.45, 7) is 2.92. The Morgan fingerprint density at radius 3 is 3.12 bits per heavy atom. The van der Waals surface area contributed by atoms with Gasteiger partial charge in [-0.25, -0.2) is 4.68 Å². The number of aliphatic carboxylic acids is 1. The Morgan fingerprint density at radius 2 is 2.50 bits per heavy atom. The smallest absolute Gasteiger partial charge is 0.305 e. The van der Waals surface area contributed by atoms with Gasteiger partial charge < -0.3 is 9.84 Å². The monoisotopic (exact) mass is 226 g/mol. The van der Waals surface area contributed by atoms with E-state index in [4.69, 9.17) is 9.84 Å². The summed E-state index contributed by atoms with van der Waals surface area (Å²) >= 11 is 0. The van der Waals surface area contributed by atoms with E-state index in [-0.39, 0.29) is 18.4 Å². The molecule has 2 atom stereocenters. The van der Waals surface area contributed by atoms with Gasteiger partial charge in [-0.15, -0.1) is 5.10 Å². The summed E-state index contributed by atoms with van der Waals surface area (Å²) in [7, 11) is 0. The number of aromatic nitrogens is 4. The van der Waals surface area contributed by atoms with E-state index in [2.05, 4.69) is 15.5 Å². The second-order valence-corrected chi connectivity index (χ2v) is 3.98. The van der Waals surface area contributed by atoms with Crippen molar-refractivity contribution in [3.8, 4) is 0 Å². The molecule has 2 heterocycles. The lowest BCUT2D eigenvalue weighted by atomic mass is 10.1. The van der Waals surface area contributed by atoms with Gasteiger partial charge in [0, 0.05) is 5.92 Å². The molecule has 1 fully saturated rings. The Labute approximate surface area is 92.4 Å². The number of carbonyl (C=O) groups is 1. The number of carboxylic acid groups (broad SMARTS) is 1. The van der Waals surface area contributed by atoms with Crippen LogP contribution >= 0.6 is 0 Å². The lowest BCUT2D eigenvalue weighted by molar-refractivity contribution is -0.137. The van der Waals surface area contributed by atoms with Crippen molar-refractivity contribution >= 4 is 5.97 Å². The minimum Gasteiger partial charge on any atom is -0.481 e. The average Bonchev–Trinajstić information content (AvgIpc) is 2.82. The van der Waals surface area contributed by atoms with Crippen molar-refractivity contribution in [1.29, 1.82) is 0 Å². The van der Waals surface area contributed by atoms with Crippen molar-refractivity contribution in [2.75, 3.05) is 6.61 Å². The van der Waals surface area contributed by atoms with Crippen LogP contribution in [-0.4, -0.2) is 44.0 Å². The normalized spacial score (nSPS) is 24.8. The fraction of sp³-hybridized carbons (Fsp3) is 0.778. The first-order chi connectivity index (χ1) is 7.66. The molecule has 7 heteroatoms. The van der Waals surface area contributed by atoms with Crippen LogP contribution in [0.3, 0.4) is 0 Å². The molecular weight excluding hydrogens is 212 g/mol. The zero-order valence-corrected chi connectivity index (χ0v) is 9.04. The van der Waals surface area contributed by atoms with Crippen LogP contribution in [0.15, 0.2) is 0 Å². The number of tetrazole rings is 1. The van der Waals surface area contributed by atoms with Gasteiger partial charge >= 0.3 is 5.97 Å². The Hall–Kier alpha value is -1.50. The molecule has 0 saturated carbocycles. The molecule has 2 rings (SSSR count). The van der Waals surface area contributed by atoms with Crippen LogP contribution < -0.4 is 0 Å². The molecule has 16 heavy (non-hydrogen) atoms. The molecular formula is C9H14N4O3. The van der Waals surface area contributed by atoms with Gasteiger partial charge in [-0.2, -0.15) is 0 Å². The summed E-state index contributed by atoms with van der Waals surface area (Å²) < 4.78 is 7.00.